The fourth-order valence-electron chi connectivity index (χ4n) is 7.27. The summed E-state index contributed by atoms with van der Waals surface area (Å²) >= 11 is 0. The predicted molar refractivity (Wildman–Crippen MR) is 188 cm³/mol. The topological polar surface area (TPSA) is 38.9 Å². The van der Waals surface area contributed by atoms with Crippen LogP contribution >= 0.6 is 0 Å². The Morgan fingerprint density at radius 2 is 1.04 bits per heavy atom. The van der Waals surface area contributed by atoms with Gasteiger partial charge >= 0.3 is 0 Å². The summed E-state index contributed by atoms with van der Waals surface area (Å²) in [5.74, 6) is 0. The van der Waals surface area contributed by atoms with E-state index in [4.69, 9.17) is 9.40 Å². The van der Waals surface area contributed by atoms with E-state index in [1.54, 1.807) is 0 Å². The molecule has 7 aromatic carbocycles. The molecule has 3 heteroatoms. The first-order chi connectivity index (χ1) is 22.3. The van der Waals surface area contributed by atoms with E-state index in [0.717, 1.165) is 49.6 Å². The van der Waals surface area contributed by atoms with E-state index in [2.05, 4.69) is 132 Å². The van der Waals surface area contributed by atoms with Crippen LogP contribution in [0.3, 0.4) is 0 Å². The number of nitrogens with zero attached hydrogens (tertiary/aromatic N) is 2. The number of aromatic nitrogens is 2. The predicted octanol–water partition coefficient (Wildman–Crippen LogP) is 11.5. The monoisotopic (exact) mass is 572 g/mol. The summed E-state index contributed by atoms with van der Waals surface area (Å²) < 4.78 is 6.28. The molecule has 3 heterocycles. The molecule has 3 nitrogen and oxygen atoms in total. The van der Waals surface area contributed by atoms with Crippen molar-refractivity contribution in [1.29, 1.82) is 0 Å². The van der Waals surface area contributed by atoms with E-state index in [1.807, 2.05) is 18.3 Å². The summed E-state index contributed by atoms with van der Waals surface area (Å²) in [5.41, 5.74) is 8.18. The molecule has 45 heavy (non-hydrogen) atoms. The van der Waals surface area contributed by atoms with Gasteiger partial charge in [-0.25, -0.2) is 4.98 Å². The van der Waals surface area contributed by atoms with Gasteiger partial charge in [0.05, 0.1) is 16.7 Å². The highest BCUT2D eigenvalue weighted by Crippen LogP contribution is 2.44. The molecule has 0 fully saturated rings. The van der Waals surface area contributed by atoms with E-state index in [9.17, 15) is 0 Å². The van der Waals surface area contributed by atoms with Gasteiger partial charge in [-0.1, -0.05) is 109 Å². The van der Waals surface area contributed by atoms with E-state index >= 15 is 0 Å². The molecule has 10 rings (SSSR count). The lowest BCUT2D eigenvalue weighted by molar-refractivity contribution is 0.669. The molecule has 10 aromatic rings. The summed E-state index contributed by atoms with van der Waals surface area (Å²) in [6.45, 7) is 0. The first kappa shape index (κ1) is 24.4. The summed E-state index contributed by atoms with van der Waals surface area (Å²) in [6, 6.07) is 49.6. The molecule has 0 atom stereocenters. The maximum atomic E-state index is 6.28. The van der Waals surface area contributed by atoms with Gasteiger partial charge in [0.1, 0.15) is 11.2 Å². The smallest absolute Gasteiger partial charge is 0.136 e. The van der Waals surface area contributed by atoms with Crippen molar-refractivity contribution >= 4 is 76.1 Å². The van der Waals surface area contributed by atoms with Crippen LogP contribution in [0, 0.1) is 0 Å². The summed E-state index contributed by atoms with van der Waals surface area (Å²) in [5, 5.41) is 11.8. The van der Waals surface area contributed by atoms with E-state index in [-0.39, 0.29) is 0 Å². The highest BCUT2D eigenvalue weighted by molar-refractivity contribution is 6.29. The average molecular weight is 573 g/mol. The van der Waals surface area contributed by atoms with Crippen molar-refractivity contribution in [2.45, 2.75) is 0 Å². The second kappa shape index (κ2) is 9.22. The van der Waals surface area contributed by atoms with Gasteiger partial charge in [-0.05, 0) is 68.4 Å². The Morgan fingerprint density at radius 3 is 1.89 bits per heavy atom. The highest BCUT2D eigenvalue weighted by Gasteiger charge is 2.18. The minimum atomic E-state index is 0.917. The number of para-hydroxylation sites is 1. The molecule has 0 bridgehead atoms. The maximum Gasteiger partial charge on any atom is 0.136 e. The minimum absolute atomic E-state index is 0.917. The van der Waals surface area contributed by atoms with Crippen LogP contribution in [-0.2, 0) is 0 Å². The Morgan fingerprint density at radius 1 is 0.400 bits per heavy atom. The van der Waals surface area contributed by atoms with Crippen molar-refractivity contribution in [3.8, 4) is 22.4 Å². The lowest BCUT2D eigenvalue weighted by atomic mass is 9.88. The van der Waals surface area contributed by atoms with Crippen molar-refractivity contribution in [2.75, 3.05) is 0 Å². The molecule has 0 radical (unpaired) electrons. The summed E-state index contributed by atoms with van der Waals surface area (Å²) in [6.07, 6.45) is 1.84. The second-order valence-electron chi connectivity index (χ2n) is 11.7. The fourth-order valence-corrected chi connectivity index (χ4v) is 7.27. The van der Waals surface area contributed by atoms with E-state index in [0.29, 0.717) is 0 Å². The Labute approximate surface area is 258 Å². The van der Waals surface area contributed by atoms with E-state index in [1.165, 1.54) is 48.8 Å². The van der Waals surface area contributed by atoms with Crippen LogP contribution in [0.25, 0.3) is 98.4 Å². The van der Waals surface area contributed by atoms with Crippen molar-refractivity contribution in [1.82, 2.24) is 9.97 Å². The number of hydrogen-bond acceptors (Lipinski definition) is 3. The zero-order chi connectivity index (χ0) is 29.5. The lowest BCUT2D eigenvalue weighted by Crippen LogP contribution is -1.92. The van der Waals surface area contributed by atoms with Gasteiger partial charge in [0, 0.05) is 38.7 Å². The molecule has 0 aliphatic heterocycles. The van der Waals surface area contributed by atoms with Gasteiger partial charge in [0.25, 0.3) is 0 Å². The molecule has 3 aromatic heterocycles. The zero-order valence-electron chi connectivity index (χ0n) is 24.2. The van der Waals surface area contributed by atoms with E-state index < -0.39 is 0 Å². The SMILES string of the molecule is c1cnc2c(c1)ccc1ccc(-c3ccc(-c4cc5ccc6oc7ccccc7c6c5c5ccccc45)c4ccccc34)nc12. The van der Waals surface area contributed by atoms with Crippen LogP contribution in [-0.4, -0.2) is 9.97 Å². The van der Waals surface area contributed by atoms with Gasteiger partial charge in [-0.15, -0.1) is 0 Å². The van der Waals surface area contributed by atoms with Crippen LogP contribution in [0.5, 0.6) is 0 Å². The number of pyridine rings is 2. The second-order valence-corrected chi connectivity index (χ2v) is 11.7. The van der Waals surface area contributed by atoms with Crippen LogP contribution in [0.2, 0.25) is 0 Å². The Balaban J connectivity index is 1.24. The van der Waals surface area contributed by atoms with Crippen molar-refractivity contribution < 1.29 is 4.42 Å². The molecule has 0 saturated heterocycles. The van der Waals surface area contributed by atoms with Crippen LogP contribution < -0.4 is 0 Å². The third kappa shape index (κ3) is 3.52. The van der Waals surface area contributed by atoms with Crippen LogP contribution in [0.15, 0.2) is 150 Å². The number of benzene rings is 7. The Bertz CT molecular complexity index is 2830. The zero-order valence-corrected chi connectivity index (χ0v) is 24.2. The summed E-state index contributed by atoms with van der Waals surface area (Å²) in [7, 11) is 0. The third-order valence-electron chi connectivity index (χ3n) is 9.28. The van der Waals surface area contributed by atoms with Crippen LogP contribution in [0.1, 0.15) is 0 Å². The molecule has 0 aliphatic rings. The largest absolute Gasteiger partial charge is 0.456 e. The van der Waals surface area contributed by atoms with Gasteiger partial charge in [-0.2, -0.15) is 0 Å². The Kier molecular flexibility index (Phi) is 5.00. The third-order valence-corrected chi connectivity index (χ3v) is 9.28. The molecule has 0 aliphatic carbocycles. The first-order valence-corrected chi connectivity index (χ1v) is 15.2. The fraction of sp³-hybridized carbons (Fsp3) is 0. The van der Waals surface area contributed by atoms with Crippen molar-refractivity contribution in [3.63, 3.8) is 0 Å². The molecule has 0 amide bonds. The number of furan rings is 1. The first-order valence-electron chi connectivity index (χ1n) is 15.2. The van der Waals surface area contributed by atoms with Crippen molar-refractivity contribution in [2.24, 2.45) is 0 Å². The molecule has 0 spiro atoms. The normalized spacial score (nSPS) is 12.0. The maximum absolute atomic E-state index is 6.28. The molecular weight excluding hydrogens is 548 g/mol. The van der Waals surface area contributed by atoms with Crippen molar-refractivity contribution in [3.05, 3.63) is 146 Å². The minimum Gasteiger partial charge on any atom is -0.456 e. The number of hydrogen-bond donors (Lipinski definition) is 0. The van der Waals surface area contributed by atoms with Gasteiger partial charge in [0.15, 0.2) is 0 Å². The summed E-state index contributed by atoms with van der Waals surface area (Å²) in [4.78, 5) is 9.87. The molecule has 208 valence electrons. The molecular formula is C42H24N2O. The highest BCUT2D eigenvalue weighted by atomic mass is 16.3. The average Bonchev–Trinajstić information content (AvgIpc) is 3.49. The van der Waals surface area contributed by atoms with Gasteiger partial charge in [-0.3, -0.25) is 4.98 Å². The lowest BCUT2D eigenvalue weighted by Gasteiger charge is -2.16. The quantitative estimate of drug-likeness (QED) is 0.193. The van der Waals surface area contributed by atoms with Gasteiger partial charge in [0.2, 0.25) is 0 Å². The molecule has 0 N–H and O–H groups in total. The molecule has 0 saturated carbocycles. The molecule has 0 unspecified atom stereocenters. The number of fused-ring (bicyclic) bond motifs is 11. The standard InChI is InChI=1S/C42H24N2O/c1-2-10-29-28(9-1)31(19-20-32(29)36-21-17-26-16-15-25-8-7-23-43-41(25)42(26)44-36)35-24-27-18-22-38-40(34-13-5-6-14-37(34)45-38)39(27)33-12-4-3-11-30(33)35/h1-24H. The number of rotatable bonds is 2. The van der Waals surface area contributed by atoms with Gasteiger partial charge < -0.3 is 4.42 Å². The Hall–Kier alpha value is -6.06. The van der Waals surface area contributed by atoms with Crippen LogP contribution in [0.4, 0.5) is 0 Å².